The van der Waals surface area contributed by atoms with Crippen molar-refractivity contribution >= 4 is 6.03 Å². The van der Waals surface area contributed by atoms with Gasteiger partial charge < -0.3 is 15.1 Å². The smallest absolute Gasteiger partial charge is 0.317 e. The molecule has 0 aromatic rings. The molecular formula is C14H27N3O. The minimum Gasteiger partial charge on any atom is -0.335 e. The molecule has 4 heteroatoms. The summed E-state index contributed by atoms with van der Waals surface area (Å²) in [6.07, 6.45) is 7.40. The summed E-state index contributed by atoms with van der Waals surface area (Å²) in [4.78, 5) is 16.3. The van der Waals surface area contributed by atoms with E-state index in [1.54, 1.807) is 0 Å². The summed E-state index contributed by atoms with van der Waals surface area (Å²) >= 11 is 0. The van der Waals surface area contributed by atoms with Crippen molar-refractivity contribution in [2.75, 3.05) is 33.7 Å². The van der Waals surface area contributed by atoms with E-state index in [0.717, 1.165) is 25.9 Å². The Bertz CT molecular complexity index is 276. The Balaban J connectivity index is 1.70. The Kier molecular flexibility index (Phi) is 4.87. The molecule has 0 aromatic heterocycles. The van der Waals surface area contributed by atoms with Gasteiger partial charge in [0.15, 0.2) is 0 Å². The summed E-state index contributed by atoms with van der Waals surface area (Å²) < 4.78 is 0. The Morgan fingerprint density at radius 2 is 2.00 bits per heavy atom. The van der Waals surface area contributed by atoms with Gasteiger partial charge in [-0.2, -0.15) is 0 Å². The Morgan fingerprint density at radius 1 is 1.28 bits per heavy atom. The molecule has 1 aliphatic heterocycles. The van der Waals surface area contributed by atoms with E-state index in [-0.39, 0.29) is 6.03 Å². The van der Waals surface area contributed by atoms with Gasteiger partial charge in [-0.3, -0.25) is 0 Å². The van der Waals surface area contributed by atoms with E-state index in [0.29, 0.717) is 12.0 Å². The molecule has 4 nitrogen and oxygen atoms in total. The van der Waals surface area contributed by atoms with Gasteiger partial charge in [0.2, 0.25) is 0 Å². The molecule has 0 spiro atoms. The monoisotopic (exact) mass is 253 g/mol. The number of hydrogen-bond donors (Lipinski definition) is 1. The average Bonchev–Trinajstić information content (AvgIpc) is 2.76. The topological polar surface area (TPSA) is 35.6 Å². The number of nitrogens with one attached hydrogen (secondary N) is 1. The second-order valence-corrected chi connectivity index (χ2v) is 6.08. The van der Waals surface area contributed by atoms with Gasteiger partial charge in [0.1, 0.15) is 0 Å². The maximum absolute atomic E-state index is 12.1. The van der Waals surface area contributed by atoms with Crippen LogP contribution in [-0.2, 0) is 0 Å². The highest BCUT2D eigenvalue weighted by Crippen LogP contribution is 2.18. The van der Waals surface area contributed by atoms with Crippen LogP contribution in [0, 0.1) is 5.92 Å². The zero-order chi connectivity index (χ0) is 13.0. The van der Waals surface area contributed by atoms with Crippen molar-refractivity contribution in [2.24, 2.45) is 5.92 Å². The summed E-state index contributed by atoms with van der Waals surface area (Å²) in [5.41, 5.74) is 0. The van der Waals surface area contributed by atoms with Crippen LogP contribution in [0.2, 0.25) is 0 Å². The van der Waals surface area contributed by atoms with Gasteiger partial charge in [0, 0.05) is 26.2 Å². The number of carbonyl (C=O) groups excluding carboxylic acids is 1. The van der Waals surface area contributed by atoms with Crippen molar-refractivity contribution in [3.05, 3.63) is 0 Å². The average molecular weight is 253 g/mol. The lowest BCUT2D eigenvalue weighted by atomic mass is 9.96. The molecule has 2 fully saturated rings. The summed E-state index contributed by atoms with van der Waals surface area (Å²) in [5.74, 6) is 0.650. The molecule has 1 saturated carbocycles. The number of hydrogen-bond acceptors (Lipinski definition) is 2. The van der Waals surface area contributed by atoms with Gasteiger partial charge in [-0.15, -0.1) is 0 Å². The Hall–Kier alpha value is -0.770. The molecular weight excluding hydrogens is 226 g/mol. The second-order valence-electron chi connectivity index (χ2n) is 6.08. The number of amides is 2. The third-order valence-corrected chi connectivity index (χ3v) is 4.30. The summed E-state index contributed by atoms with van der Waals surface area (Å²) in [7, 11) is 4.08. The molecule has 1 heterocycles. The van der Waals surface area contributed by atoms with Crippen molar-refractivity contribution in [3.8, 4) is 0 Å². The fourth-order valence-corrected chi connectivity index (χ4v) is 3.18. The summed E-state index contributed by atoms with van der Waals surface area (Å²) in [6, 6.07) is 0.538. The molecule has 2 rings (SSSR count). The van der Waals surface area contributed by atoms with E-state index in [1.807, 2.05) is 11.9 Å². The first kappa shape index (κ1) is 13.7. The molecule has 0 aromatic carbocycles. The minimum absolute atomic E-state index is 0.122. The van der Waals surface area contributed by atoms with Crippen LogP contribution < -0.4 is 5.32 Å². The van der Waals surface area contributed by atoms with E-state index in [2.05, 4.69) is 17.3 Å². The minimum atomic E-state index is 0.122. The van der Waals surface area contributed by atoms with Crippen molar-refractivity contribution in [1.82, 2.24) is 15.1 Å². The maximum atomic E-state index is 12.1. The SMILES string of the molecule is CN1CCC(CN(C)C(=O)NC2CCCCC2)C1. The van der Waals surface area contributed by atoms with Crippen molar-refractivity contribution in [2.45, 2.75) is 44.6 Å². The molecule has 18 heavy (non-hydrogen) atoms. The first-order chi connectivity index (χ1) is 8.65. The zero-order valence-electron chi connectivity index (χ0n) is 11.8. The zero-order valence-corrected chi connectivity index (χ0v) is 11.8. The number of carbonyl (C=O) groups is 1. The molecule has 1 aliphatic carbocycles. The standard InChI is InChI=1S/C14H27N3O/c1-16-9-8-12(10-16)11-17(2)14(18)15-13-6-4-3-5-7-13/h12-13H,3-11H2,1-2H3,(H,15,18). The quantitative estimate of drug-likeness (QED) is 0.834. The molecule has 104 valence electrons. The molecule has 0 radical (unpaired) electrons. The van der Waals surface area contributed by atoms with Crippen molar-refractivity contribution in [1.29, 1.82) is 0 Å². The number of urea groups is 1. The van der Waals surface area contributed by atoms with Gasteiger partial charge in [0.25, 0.3) is 0 Å². The first-order valence-electron chi connectivity index (χ1n) is 7.35. The molecule has 1 saturated heterocycles. The van der Waals surface area contributed by atoms with Crippen LogP contribution in [0.1, 0.15) is 38.5 Å². The number of rotatable bonds is 3. The van der Waals surface area contributed by atoms with Crippen LogP contribution in [0.15, 0.2) is 0 Å². The van der Waals surface area contributed by atoms with Gasteiger partial charge in [-0.25, -0.2) is 4.79 Å². The van der Waals surface area contributed by atoms with Crippen LogP contribution in [0.5, 0.6) is 0 Å². The van der Waals surface area contributed by atoms with Crippen LogP contribution in [0.3, 0.4) is 0 Å². The predicted molar refractivity (Wildman–Crippen MR) is 73.6 cm³/mol. The second kappa shape index (κ2) is 6.41. The van der Waals surface area contributed by atoms with Gasteiger partial charge in [0.05, 0.1) is 0 Å². The molecule has 0 bridgehead atoms. The third kappa shape index (κ3) is 3.87. The van der Waals surface area contributed by atoms with Gasteiger partial charge in [-0.05, 0) is 38.8 Å². The van der Waals surface area contributed by atoms with Gasteiger partial charge >= 0.3 is 6.03 Å². The third-order valence-electron chi connectivity index (χ3n) is 4.30. The summed E-state index contributed by atoms with van der Waals surface area (Å²) in [5, 5.41) is 3.18. The lowest BCUT2D eigenvalue weighted by Gasteiger charge is -2.27. The number of nitrogens with zero attached hydrogens (tertiary/aromatic N) is 2. The molecule has 1 atom stereocenters. The largest absolute Gasteiger partial charge is 0.335 e. The van der Waals surface area contributed by atoms with Crippen molar-refractivity contribution in [3.63, 3.8) is 0 Å². The van der Waals surface area contributed by atoms with E-state index in [9.17, 15) is 4.79 Å². The molecule has 1 unspecified atom stereocenters. The predicted octanol–water partition coefficient (Wildman–Crippen LogP) is 1.91. The number of likely N-dealkylation sites (tertiary alicyclic amines) is 1. The van der Waals surface area contributed by atoms with E-state index < -0.39 is 0 Å². The fraction of sp³-hybridized carbons (Fsp3) is 0.929. The van der Waals surface area contributed by atoms with E-state index in [1.165, 1.54) is 32.2 Å². The lowest BCUT2D eigenvalue weighted by Crippen LogP contribution is -2.45. The maximum Gasteiger partial charge on any atom is 0.317 e. The Labute approximate surface area is 111 Å². The molecule has 1 N–H and O–H groups in total. The molecule has 2 aliphatic rings. The van der Waals surface area contributed by atoms with E-state index in [4.69, 9.17) is 0 Å². The van der Waals surface area contributed by atoms with Crippen LogP contribution in [0.25, 0.3) is 0 Å². The lowest BCUT2D eigenvalue weighted by molar-refractivity contribution is 0.193. The van der Waals surface area contributed by atoms with E-state index >= 15 is 0 Å². The van der Waals surface area contributed by atoms with Crippen LogP contribution >= 0.6 is 0 Å². The highest BCUT2D eigenvalue weighted by molar-refractivity contribution is 5.74. The van der Waals surface area contributed by atoms with Gasteiger partial charge in [-0.1, -0.05) is 19.3 Å². The van der Waals surface area contributed by atoms with Crippen LogP contribution in [-0.4, -0.2) is 55.6 Å². The Morgan fingerprint density at radius 3 is 2.61 bits per heavy atom. The molecule has 2 amide bonds. The van der Waals surface area contributed by atoms with Crippen molar-refractivity contribution < 1.29 is 4.79 Å². The fourth-order valence-electron chi connectivity index (χ4n) is 3.18. The highest BCUT2D eigenvalue weighted by Gasteiger charge is 2.23. The summed E-state index contributed by atoms with van der Waals surface area (Å²) in [6.45, 7) is 3.19. The first-order valence-corrected chi connectivity index (χ1v) is 7.35. The normalized spacial score (nSPS) is 26.2. The van der Waals surface area contributed by atoms with Crippen LogP contribution in [0.4, 0.5) is 4.79 Å². The highest BCUT2D eigenvalue weighted by atomic mass is 16.2.